The molecule has 0 saturated carbocycles. The Morgan fingerprint density at radius 1 is 0.941 bits per heavy atom. The zero-order valence-corrected chi connectivity index (χ0v) is 10.3. The minimum absolute atomic E-state index is 0.631. The normalized spacial score (nSPS) is 10.4. The highest BCUT2D eigenvalue weighted by Crippen LogP contribution is 2.20. The van der Waals surface area contributed by atoms with Gasteiger partial charge in [-0.15, -0.1) is 0 Å². The van der Waals surface area contributed by atoms with Crippen LogP contribution >= 0.6 is 0 Å². The number of hydrogen-bond acceptors (Lipinski definition) is 4. The van der Waals surface area contributed by atoms with Crippen molar-refractivity contribution in [2.24, 2.45) is 5.84 Å². The van der Waals surface area contributed by atoms with Gasteiger partial charge in [-0.2, -0.15) is 0 Å². The van der Waals surface area contributed by atoms with Gasteiger partial charge < -0.3 is 5.43 Å². The molecule has 1 heterocycles. The number of hydrazine groups is 1. The maximum absolute atomic E-state index is 5.39. The second kappa shape index (κ2) is 4.51. The highest BCUT2D eigenvalue weighted by atomic mass is 15.3. The molecule has 2 rings (SSSR count). The van der Waals surface area contributed by atoms with Crippen LogP contribution in [0.1, 0.15) is 16.8 Å². The van der Waals surface area contributed by atoms with E-state index in [0.29, 0.717) is 11.6 Å². The van der Waals surface area contributed by atoms with Gasteiger partial charge in [0.15, 0.2) is 5.82 Å². The van der Waals surface area contributed by atoms with Gasteiger partial charge in [0.25, 0.3) is 0 Å². The van der Waals surface area contributed by atoms with E-state index in [1.165, 1.54) is 11.1 Å². The number of aromatic nitrogens is 2. The molecule has 2 aromatic rings. The molecule has 0 fully saturated rings. The second-order valence-corrected chi connectivity index (χ2v) is 4.24. The SMILES string of the molecule is Cc1cc(C)cc(-c2nc(C)cc(NN)n2)c1. The van der Waals surface area contributed by atoms with Gasteiger partial charge in [-0.25, -0.2) is 15.8 Å². The lowest BCUT2D eigenvalue weighted by molar-refractivity contribution is 1.09. The fourth-order valence-electron chi connectivity index (χ4n) is 1.88. The maximum atomic E-state index is 5.39. The maximum Gasteiger partial charge on any atom is 0.161 e. The summed E-state index contributed by atoms with van der Waals surface area (Å²) in [5.41, 5.74) is 6.87. The molecule has 4 nitrogen and oxygen atoms in total. The number of aryl methyl sites for hydroxylation is 3. The van der Waals surface area contributed by atoms with E-state index in [2.05, 4.69) is 47.4 Å². The average Bonchev–Trinajstić information content (AvgIpc) is 2.26. The summed E-state index contributed by atoms with van der Waals surface area (Å²) in [4.78, 5) is 8.78. The third-order valence-electron chi connectivity index (χ3n) is 2.48. The molecule has 3 N–H and O–H groups in total. The van der Waals surface area contributed by atoms with E-state index in [4.69, 9.17) is 5.84 Å². The number of nitrogen functional groups attached to an aromatic ring is 1. The molecular weight excluding hydrogens is 212 g/mol. The Hall–Kier alpha value is -1.94. The zero-order chi connectivity index (χ0) is 12.4. The van der Waals surface area contributed by atoms with E-state index in [1.807, 2.05) is 13.0 Å². The summed E-state index contributed by atoms with van der Waals surface area (Å²) < 4.78 is 0. The smallest absolute Gasteiger partial charge is 0.161 e. The standard InChI is InChI=1S/C13H16N4/c1-8-4-9(2)6-11(5-8)13-15-10(3)7-12(16-13)17-14/h4-7H,14H2,1-3H3,(H,15,16,17). The molecule has 0 aliphatic carbocycles. The second-order valence-electron chi connectivity index (χ2n) is 4.24. The molecule has 0 aliphatic heterocycles. The molecule has 0 radical (unpaired) electrons. The van der Waals surface area contributed by atoms with Crippen molar-refractivity contribution >= 4 is 5.82 Å². The Kier molecular flexibility index (Phi) is 3.06. The van der Waals surface area contributed by atoms with Gasteiger partial charge in [0.05, 0.1) is 0 Å². The van der Waals surface area contributed by atoms with Gasteiger partial charge >= 0.3 is 0 Å². The summed E-state index contributed by atoms with van der Waals surface area (Å²) in [5, 5.41) is 0. The average molecular weight is 228 g/mol. The number of benzene rings is 1. The first kappa shape index (κ1) is 11.5. The molecule has 4 heteroatoms. The number of nitrogens with zero attached hydrogens (tertiary/aromatic N) is 2. The van der Waals surface area contributed by atoms with Gasteiger partial charge in [-0.1, -0.05) is 17.2 Å². The van der Waals surface area contributed by atoms with Crippen LogP contribution in [-0.4, -0.2) is 9.97 Å². The monoisotopic (exact) mass is 228 g/mol. The van der Waals surface area contributed by atoms with E-state index >= 15 is 0 Å². The Morgan fingerprint density at radius 3 is 2.18 bits per heavy atom. The van der Waals surface area contributed by atoms with Crippen molar-refractivity contribution in [1.29, 1.82) is 0 Å². The number of hydrogen-bond donors (Lipinski definition) is 2. The van der Waals surface area contributed by atoms with Gasteiger partial charge in [0.1, 0.15) is 5.82 Å². The van der Waals surface area contributed by atoms with Crippen molar-refractivity contribution in [1.82, 2.24) is 9.97 Å². The van der Waals surface area contributed by atoms with Crippen LogP contribution in [0.15, 0.2) is 24.3 Å². The van der Waals surface area contributed by atoms with Gasteiger partial charge in [-0.3, -0.25) is 0 Å². The van der Waals surface area contributed by atoms with Gasteiger partial charge in [0.2, 0.25) is 0 Å². The Balaban J connectivity index is 2.55. The van der Waals surface area contributed by atoms with E-state index < -0.39 is 0 Å². The molecule has 0 bridgehead atoms. The van der Waals surface area contributed by atoms with Crippen LogP contribution in [0.2, 0.25) is 0 Å². The molecule has 0 atom stereocenters. The highest BCUT2D eigenvalue weighted by molar-refractivity contribution is 5.59. The van der Waals surface area contributed by atoms with Crippen molar-refractivity contribution in [3.63, 3.8) is 0 Å². The quantitative estimate of drug-likeness (QED) is 0.611. The van der Waals surface area contributed by atoms with Crippen molar-refractivity contribution < 1.29 is 0 Å². The molecule has 88 valence electrons. The number of rotatable bonds is 2. The largest absolute Gasteiger partial charge is 0.308 e. The molecular formula is C13H16N4. The first-order chi connectivity index (χ1) is 8.08. The molecule has 0 unspecified atom stereocenters. The van der Waals surface area contributed by atoms with E-state index in [9.17, 15) is 0 Å². The Bertz CT molecular complexity index is 529. The van der Waals surface area contributed by atoms with Crippen LogP contribution in [0.5, 0.6) is 0 Å². The summed E-state index contributed by atoms with van der Waals surface area (Å²) in [5.74, 6) is 6.72. The number of anilines is 1. The third kappa shape index (κ3) is 2.60. The zero-order valence-electron chi connectivity index (χ0n) is 10.3. The van der Waals surface area contributed by atoms with Crippen molar-refractivity contribution in [2.75, 3.05) is 5.43 Å². The first-order valence-electron chi connectivity index (χ1n) is 5.49. The van der Waals surface area contributed by atoms with Crippen molar-refractivity contribution in [2.45, 2.75) is 20.8 Å². The predicted octanol–water partition coefficient (Wildman–Crippen LogP) is 2.35. The number of nitrogens with one attached hydrogen (secondary N) is 1. The topological polar surface area (TPSA) is 63.8 Å². The summed E-state index contributed by atoms with van der Waals surface area (Å²) in [6.07, 6.45) is 0. The molecule has 17 heavy (non-hydrogen) atoms. The lowest BCUT2D eigenvalue weighted by atomic mass is 10.1. The van der Waals surface area contributed by atoms with E-state index in [0.717, 1.165) is 11.3 Å². The lowest BCUT2D eigenvalue weighted by Crippen LogP contribution is -2.10. The summed E-state index contributed by atoms with van der Waals surface area (Å²) in [6.45, 7) is 6.05. The summed E-state index contributed by atoms with van der Waals surface area (Å²) in [6, 6.07) is 8.08. The third-order valence-corrected chi connectivity index (χ3v) is 2.48. The summed E-state index contributed by atoms with van der Waals surface area (Å²) >= 11 is 0. The van der Waals surface area contributed by atoms with Crippen LogP contribution in [0, 0.1) is 20.8 Å². The fraction of sp³-hybridized carbons (Fsp3) is 0.231. The van der Waals surface area contributed by atoms with Crippen molar-refractivity contribution in [3.05, 3.63) is 41.1 Å². The van der Waals surface area contributed by atoms with Gasteiger partial charge in [-0.05, 0) is 32.9 Å². The highest BCUT2D eigenvalue weighted by Gasteiger charge is 2.05. The minimum Gasteiger partial charge on any atom is -0.308 e. The summed E-state index contributed by atoms with van der Waals surface area (Å²) in [7, 11) is 0. The fourth-order valence-corrected chi connectivity index (χ4v) is 1.88. The molecule has 1 aromatic heterocycles. The van der Waals surface area contributed by atoms with Crippen molar-refractivity contribution in [3.8, 4) is 11.4 Å². The van der Waals surface area contributed by atoms with Crippen LogP contribution in [0.4, 0.5) is 5.82 Å². The van der Waals surface area contributed by atoms with Crippen LogP contribution in [-0.2, 0) is 0 Å². The van der Waals surface area contributed by atoms with E-state index in [-0.39, 0.29) is 0 Å². The Morgan fingerprint density at radius 2 is 1.59 bits per heavy atom. The van der Waals surface area contributed by atoms with Crippen LogP contribution < -0.4 is 11.3 Å². The molecule has 1 aromatic carbocycles. The van der Waals surface area contributed by atoms with Gasteiger partial charge in [0, 0.05) is 17.3 Å². The van der Waals surface area contributed by atoms with Crippen LogP contribution in [0.25, 0.3) is 11.4 Å². The predicted molar refractivity (Wildman–Crippen MR) is 69.5 cm³/mol. The first-order valence-corrected chi connectivity index (χ1v) is 5.49. The molecule has 0 aliphatic rings. The molecule has 0 amide bonds. The van der Waals surface area contributed by atoms with E-state index in [1.54, 1.807) is 0 Å². The Labute approximate surface area is 101 Å². The molecule has 0 saturated heterocycles. The number of nitrogens with two attached hydrogens (primary N) is 1. The lowest BCUT2D eigenvalue weighted by Gasteiger charge is -2.07. The minimum atomic E-state index is 0.631. The molecule has 0 spiro atoms. The van der Waals surface area contributed by atoms with Crippen LogP contribution in [0.3, 0.4) is 0 Å².